The van der Waals surface area contributed by atoms with Crippen molar-refractivity contribution in [3.63, 3.8) is 0 Å². The van der Waals surface area contributed by atoms with E-state index in [-0.39, 0.29) is 0 Å². The van der Waals surface area contributed by atoms with Crippen LogP contribution in [-0.2, 0) is 0 Å². The van der Waals surface area contributed by atoms with Gasteiger partial charge in [0.1, 0.15) is 5.82 Å². The molecule has 0 aliphatic carbocycles. The number of benzene rings is 2. The highest BCUT2D eigenvalue weighted by atomic mass is 35.5. The lowest BCUT2D eigenvalue weighted by Gasteiger charge is -2.02. The number of H-pyrrole nitrogens is 1. The number of aryl methyl sites for hydroxylation is 1. The predicted molar refractivity (Wildman–Crippen MR) is 76.3 cm³/mol. The smallest absolute Gasteiger partial charge is 0.140 e. The van der Waals surface area contributed by atoms with Crippen LogP contribution in [0.3, 0.4) is 0 Å². The van der Waals surface area contributed by atoms with Gasteiger partial charge in [0.15, 0.2) is 0 Å². The Hall–Kier alpha value is -1.51. The van der Waals surface area contributed by atoms with Crippen LogP contribution in [0.5, 0.6) is 0 Å². The van der Waals surface area contributed by atoms with Crippen molar-refractivity contribution < 1.29 is 0 Å². The van der Waals surface area contributed by atoms with Gasteiger partial charge >= 0.3 is 0 Å². The number of aromatic nitrogens is 2. The molecule has 0 saturated carbocycles. The van der Waals surface area contributed by atoms with E-state index in [1.54, 1.807) is 0 Å². The standard InChI is InChI=1S/C14H10Cl2N2/c1-8-3-2-4-10(13(8)16)14-17-11-6-5-9(15)7-12(11)18-14/h2-7H,1H3,(H,17,18). The van der Waals surface area contributed by atoms with Crippen LogP contribution in [0.1, 0.15) is 5.56 Å². The maximum Gasteiger partial charge on any atom is 0.140 e. The SMILES string of the molecule is Cc1cccc(-c2nc3cc(Cl)ccc3[nH]2)c1Cl. The Labute approximate surface area is 115 Å². The highest BCUT2D eigenvalue weighted by Gasteiger charge is 2.10. The Morgan fingerprint density at radius 1 is 1.11 bits per heavy atom. The van der Waals surface area contributed by atoms with E-state index in [2.05, 4.69) is 9.97 Å². The van der Waals surface area contributed by atoms with Crippen molar-refractivity contribution in [1.82, 2.24) is 9.97 Å². The van der Waals surface area contributed by atoms with Crippen LogP contribution in [0.15, 0.2) is 36.4 Å². The Kier molecular flexibility index (Phi) is 2.77. The molecule has 2 aromatic carbocycles. The molecule has 18 heavy (non-hydrogen) atoms. The van der Waals surface area contributed by atoms with Crippen LogP contribution in [0.2, 0.25) is 10.0 Å². The normalized spacial score (nSPS) is 11.1. The van der Waals surface area contributed by atoms with Crippen LogP contribution in [0.4, 0.5) is 0 Å². The van der Waals surface area contributed by atoms with Crippen LogP contribution < -0.4 is 0 Å². The summed E-state index contributed by atoms with van der Waals surface area (Å²) in [6.45, 7) is 1.98. The summed E-state index contributed by atoms with van der Waals surface area (Å²) in [6, 6.07) is 11.5. The summed E-state index contributed by atoms with van der Waals surface area (Å²) in [7, 11) is 0. The van der Waals surface area contributed by atoms with Gasteiger partial charge in [-0.2, -0.15) is 0 Å². The minimum absolute atomic E-state index is 0.677. The van der Waals surface area contributed by atoms with E-state index in [0.717, 1.165) is 33.0 Å². The van der Waals surface area contributed by atoms with Gasteiger partial charge < -0.3 is 4.98 Å². The largest absolute Gasteiger partial charge is 0.338 e. The quantitative estimate of drug-likeness (QED) is 0.677. The third-order valence-corrected chi connectivity index (χ3v) is 3.63. The van der Waals surface area contributed by atoms with Crippen LogP contribution >= 0.6 is 23.2 Å². The molecule has 3 rings (SSSR count). The topological polar surface area (TPSA) is 28.7 Å². The second-order valence-electron chi connectivity index (χ2n) is 4.18. The van der Waals surface area contributed by atoms with Crippen molar-refractivity contribution in [3.05, 3.63) is 52.0 Å². The first-order valence-corrected chi connectivity index (χ1v) is 6.31. The Balaban J connectivity index is 2.22. The average molecular weight is 277 g/mol. The highest BCUT2D eigenvalue weighted by Crippen LogP contribution is 2.30. The van der Waals surface area contributed by atoms with Crippen molar-refractivity contribution in [2.75, 3.05) is 0 Å². The van der Waals surface area contributed by atoms with Crippen molar-refractivity contribution in [3.8, 4) is 11.4 Å². The first kappa shape index (κ1) is 11.6. The van der Waals surface area contributed by atoms with Gasteiger partial charge in [-0.15, -0.1) is 0 Å². The van der Waals surface area contributed by atoms with E-state index in [9.17, 15) is 0 Å². The molecule has 1 aromatic heterocycles. The lowest BCUT2D eigenvalue weighted by molar-refractivity contribution is 1.32. The van der Waals surface area contributed by atoms with Gasteiger partial charge in [-0.3, -0.25) is 0 Å². The first-order valence-electron chi connectivity index (χ1n) is 5.56. The molecule has 3 aromatic rings. The fourth-order valence-corrected chi connectivity index (χ4v) is 2.32. The Bertz CT molecular complexity index is 732. The Morgan fingerprint density at radius 3 is 2.78 bits per heavy atom. The predicted octanol–water partition coefficient (Wildman–Crippen LogP) is 4.85. The number of rotatable bonds is 1. The molecular weight excluding hydrogens is 267 g/mol. The number of imidazole rings is 1. The van der Waals surface area contributed by atoms with Crippen LogP contribution in [0, 0.1) is 6.92 Å². The summed E-state index contributed by atoms with van der Waals surface area (Å²) in [6.07, 6.45) is 0. The average Bonchev–Trinajstić information content (AvgIpc) is 2.75. The van der Waals surface area contributed by atoms with E-state index in [4.69, 9.17) is 23.2 Å². The number of hydrogen-bond acceptors (Lipinski definition) is 1. The fraction of sp³-hybridized carbons (Fsp3) is 0.0714. The summed E-state index contributed by atoms with van der Waals surface area (Å²) < 4.78 is 0. The summed E-state index contributed by atoms with van der Waals surface area (Å²) >= 11 is 12.3. The summed E-state index contributed by atoms with van der Waals surface area (Å²) in [5.74, 6) is 0.765. The number of nitrogens with zero attached hydrogens (tertiary/aromatic N) is 1. The van der Waals surface area contributed by atoms with Crippen LogP contribution in [-0.4, -0.2) is 9.97 Å². The van der Waals surface area contributed by atoms with E-state index in [0.29, 0.717) is 5.02 Å². The first-order chi connectivity index (χ1) is 8.65. The van der Waals surface area contributed by atoms with Crippen molar-refractivity contribution in [2.24, 2.45) is 0 Å². The number of fused-ring (bicyclic) bond motifs is 1. The monoisotopic (exact) mass is 276 g/mol. The van der Waals surface area contributed by atoms with Gasteiger partial charge in [-0.25, -0.2) is 4.98 Å². The molecule has 0 aliphatic heterocycles. The van der Waals surface area contributed by atoms with Gasteiger partial charge in [-0.1, -0.05) is 35.3 Å². The van der Waals surface area contributed by atoms with Crippen molar-refractivity contribution >= 4 is 34.2 Å². The molecule has 0 atom stereocenters. The van der Waals surface area contributed by atoms with Crippen LogP contribution in [0.25, 0.3) is 22.4 Å². The molecule has 0 saturated heterocycles. The van der Waals surface area contributed by atoms with Crippen molar-refractivity contribution in [1.29, 1.82) is 0 Å². The molecule has 2 nitrogen and oxygen atoms in total. The number of halogens is 2. The molecule has 0 spiro atoms. The molecule has 0 fully saturated rings. The third kappa shape index (κ3) is 1.88. The van der Waals surface area contributed by atoms with E-state index in [1.165, 1.54) is 0 Å². The third-order valence-electron chi connectivity index (χ3n) is 2.89. The van der Waals surface area contributed by atoms with E-state index in [1.807, 2.05) is 43.3 Å². The number of aromatic amines is 1. The van der Waals surface area contributed by atoms with Crippen molar-refractivity contribution in [2.45, 2.75) is 6.92 Å². The van der Waals surface area contributed by atoms with E-state index < -0.39 is 0 Å². The molecule has 0 aliphatic rings. The second-order valence-corrected chi connectivity index (χ2v) is 5.00. The number of hydrogen-bond donors (Lipinski definition) is 1. The zero-order valence-corrected chi connectivity index (χ0v) is 11.2. The fourth-order valence-electron chi connectivity index (χ4n) is 1.94. The Morgan fingerprint density at radius 2 is 1.94 bits per heavy atom. The van der Waals surface area contributed by atoms with E-state index >= 15 is 0 Å². The molecule has 0 bridgehead atoms. The maximum atomic E-state index is 6.30. The molecule has 1 N–H and O–H groups in total. The second kappa shape index (κ2) is 4.30. The molecule has 0 radical (unpaired) electrons. The van der Waals surface area contributed by atoms with Gasteiger partial charge in [-0.05, 0) is 36.8 Å². The van der Waals surface area contributed by atoms with Gasteiger partial charge in [0, 0.05) is 10.6 Å². The zero-order chi connectivity index (χ0) is 12.7. The number of nitrogens with one attached hydrogen (secondary N) is 1. The molecule has 0 amide bonds. The summed E-state index contributed by atoms with van der Waals surface area (Å²) in [5.41, 5.74) is 3.73. The van der Waals surface area contributed by atoms with Gasteiger partial charge in [0.2, 0.25) is 0 Å². The minimum atomic E-state index is 0.677. The molecule has 0 unspecified atom stereocenters. The van der Waals surface area contributed by atoms with Gasteiger partial charge in [0.25, 0.3) is 0 Å². The molecular formula is C14H10Cl2N2. The highest BCUT2D eigenvalue weighted by molar-refractivity contribution is 6.34. The maximum absolute atomic E-state index is 6.30. The summed E-state index contributed by atoms with van der Waals surface area (Å²) in [4.78, 5) is 7.77. The summed E-state index contributed by atoms with van der Waals surface area (Å²) in [5, 5.41) is 1.40. The molecule has 4 heteroatoms. The molecule has 1 heterocycles. The zero-order valence-electron chi connectivity index (χ0n) is 9.67. The van der Waals surface area contributed by atoms with Gasteiger partial charge in [0.05, 0.1) is 16.1 Å². The minimum Gasteiger partial charge on any atom is -0.338 e. The lowest BCUT2D eigenvalue weighted by Crippen LogP contribution is -1.84. The lowest BCUT2D eigenvalue weighted by atomic mass is 10.1. The molecule has 90 valence electrons.